The fourth-order valence-corrected chi connectivity index (χ4v) is 1.16. The lowest BCUT2D eigenvalue weighted by Crippen LogP contribution is -2.18. The first-order valence-electron chi connectivity index (χ1n) is 4.63. The second-order valence-electron chi connectivity index (χ2n) is 2.82. The highest BCUT2D eigenvalue weighted by atomic mass is 16.5. The van der Waals surface area contributed by atoms with E-state index in [1.54, 1.807) is 24.3 Å². The zero-order valence-corrected chi connectivity index (χ0v) is 7.30. The summed E-state index contributed by atoms with van der Waals surface area (Å²) in [7, 11) is 0. The number of carbonyl (C=O) groups is 1. The van der Waals surface area contributed by atoms with Crippen LogP contribution in [0.25, 0.3) is 0 Å². The van der Waals surface area contributed by atoms with Crippen molar-refractivity contribution in [2.24, 2.45) is 4.99 Å². The zero-order valence-electron chi connectivity index (χ0n) is 8.30. The van der Waals surface area contributed by atoms with Crippen molar-refractivity contribution in [3.8, 4) is 0 Å². The van der Waals surface area contributed by atoms with Crippen LogP contribution < -0.4 is 0 Å². The summed E-state index contributed by atoms with van der Waals surface area (Å²) in [6.45, 7) is -0.243. The topological polar surface area (TPSA) is 58.9 Å². The van der Waals surface area contributed by atoms with Gasteiger partial charge >= 0.3 is 5.97 Å². The van der Waals surface area contributed by atoms with Crippen LogP contribution in [-0.4, -0.2) is 29.6 Å². The Morgan fingerprint density at radius 1 is 1.57 bits per heavy atom. The molecule has 4 heteroatoms. The van der Waals surface area contributed by atoms with E-state index in [2.05, 4.69) is 4.99 Å². The van der Waals surface area contributed by atoms with Gasteiger partial charge in [0.25, 0.3) is 0 Å². The van der Waals surface area contributed by atoms with E-state index >= 15 is 0 Å². The summed E-state index contributed by atoms with van der Waals surface area (Å²) in [6.07, 6.45) is 0. The number of hydrogen-bond donors (Lipinski definition) is 1. The molecule has 1 atom stereocenters. The number of carboxylic acids is 1. The average molecular weight is 192 g/mol. The van der Waals surface area contributed by atoms with Crippen molar-refractivity contribution >= 4 is 11.9 Å². The maximum atomic E-state index is 10.7. The van der Waals surface area contributed by atoms with Gasteiger partial charge < -0.3 is 9.84 Å². The standard InChI is InChI=1S/C10H9NO3/c12-10(13)8-6-14-9(11-8)7-4-2-1-3-5-7/h1-5,8H,6H2,(H,12,13)/t8-/m1/s1/i8D. The molecule has 2 rings (SSSR count). The highest BCUT2D eigenvalue weighted by Crippen LogP contribution is 2.11. The van der Waals surface area contributed by atoms with E-state index in [9.17, 15) is 4.79 Å². The Hall–Kier alpha value is -1.84. The van der Waals surface area contributed by atoms with Crippen molar-refractivity contribution in [1.29, 1.82) is 0 Å². The number of benzene rings is 1. The molecule has 1 aromatic carbocycles. The van der Waals surface area contributed by atoms with Crippen molar-refractivity contribution in [1.82, 2.24) is 0 Å². The van der Waals surface area contributed by atoms with Crippen molar-refractivity contribution in [2.45, 2.75) is 6.02 Å². The molecule has 1 heterocycles. The van der Waals surface area contributed by atoms with Crippen LogP contribution in [0.1, 0.15) is 6.93 Å². The molecule has 0 spiro atoms. The first-order chi connectivity index (χ1) is 7.12. The molecule has 0 aromatic heterocycles. The van der Waals surface area contributed by atoms with Crippen molar-refractivity contribution in [3.05, 3.63) is 35.9 Å². The van der Waals surface area contributed by atoms with Crippen molar-refractivity contribution in [2.75, 3.05) is 6.61 Å². The Bertz CT molecular complexity index is 418. The lowest BCUT2D eigenvalue weighted by Gasteiger charge is -1.98. The first kappa shape index (κ1) is 7.55. The zero-order chi connectivity index (χ0) is 10.9. The van der Waals surface area contributed by atoms with Crippen LogP contribution in [0.2, 0.25) is 0 Å². The van der Waals surface area contributed by atoms with Gasteiger partial charge in [-0.1, -0.05) is 18.2 Å². The predicted octanol–water partition coefficient (Wildman–Crippen LogP) is 0.917. The van der Waals surface area contributed by atoms with E-state index < -0.39 is 12.0 Å². The van der Waals surface area contributed by atoms with Gasteiger partial charge in [0, 0.05) is 5.56 Å². The maximum Gasteiger partial charge on any atom is 0.332 e. The van der Waals surface area contributed by atoms with E-state index in [-0.39, 0.29) is 12.5 Å². The van der Waals surface area contributed by atoms with Gasteiger partial charge in [-0.2, -0.15) is 0 Å². The normalized spacial score (nSPS) is 26.3. The van der Waals surface area contributed by atoms with Gasteiger partial charge in [0.2, 0.25) is 5.90 Å². The van der Waals surface area contributed by atoms with Gasteiger partial charge in [-0.05, 0) is 12.1 Å². The molecule has 72 valence electrons. The molecule has 0 bridgehead atoms. The minimum absolute atomic E-state index is 0.216. The van der Waals surface area contributed by atoms with Crippen LogP contribution in [0, 0.1) is 0 Å². The van der Waals surface area contributed by atoms with Crippen LogP contribution >= 0.6 is 0 Å². The maximum absolute atomic E-state index is 10.7. The number of hydrogen-bond acceptors (Lipinski definition) is 3. The number of aliphatic carboxylic acids is 1. The molecule has 1 N–H and O–H groups in total. The summed E-state index contributed by atoms with van der Waals surface area (Å²) in [4.78, 5) is 14.5. The highest BCUT2D eigenvalue weighted by molar-refractivity contribution is 5.97. The Morgan fingerprint density at radius 2 is 2.29 bits per heavy atom. The molecular weight excluding hydrogens is 182 g/mol. The largest absolute Gasteiger partial charge is 0.480 e. The predicted molar refractivity (Wildman–Crippen MR) is 50.4 cm³/mol. The van der Waals surface area contributed by atoms with E-state index in [4.69, 9.17) is 11.2 Å². The fourth-order valence-electron chi connectivity index (χ4n) is 1.16. The molecular formula is C10H9NO3. The molecule has 1 aliphatic heterocycles. The van der Waals surface area contributed by atoms with Crippen LogP contribution in [0.15, 0.2) is 35.3 Å². The first-order valence-corrected chi connectivity index (χ1v) is 4.13. The third-order valence-electron chi connectivity index (χ3n) is 1.85. The lowest BCUT2D eigenvalue weighted by molar-refractivity contribution is -0.138. The van der Waals surface area contributed by atoms with E-state index in [1.807, 2.05) is 6.07 Å². The van der Waals surface area contributed by atoms with Crippen molar-refractivity contribution in [3.63, 3.8) is 0 Å². The Morgan fingerprint density at radius 3 is 2.86 bits per heavy atom. The van der Waals surface area contributed by atoms with Crippen molar-refractivity contribution < 1.29 is 16.0 Å². The molecule has 0 saturated carbocycles. The van der Waals surface area contributed by atoms with Gasteiger partial charge in [-0.15, -0.1) is 0 Å². The van der Waals surface area contributed by atoms with Crippen LogP contribution in [0.3, 0.4) is 0 Å². The molecule has 4 nitrogen and oxygen atoms in total. The van der Waals surface area contributed by atoms with E-state index in [1.165, 1.54) is 0 Å². The average Bonchev–Trinajstić information content (AvgIpc) is 2.64. The van der Waals surface area contributed by atoms with Gasteiger partial charge in [0.15, 0.2) is 6.02 Å². The molecule has 1 aromatic rings. The fraction of sp³-hybridized carbons (Fsp3) is 0.200. The second-order valence-corrected chi connectivity index (χ2v) is 2.82. The van der Waals surface area contributed by atoms with Gasteiger partial charge in [0.1, 0.15) is 6.61 Å². The number of rotatable bonds is 2. The lowest BCUT2D eigenvalue weighted by atomic mass is 10.2. The van der Waals surface area contributed by atoms with Gasteiger partial charge in [-0.3, -0.25) is 0 Å². The number of nitrogens with zero attached hydrogens (tertiary/aromatic N) is 1. The molecule has 0 unspecified atom stereocenters. The van der Waals surface area contributed by atoms with Crippen LogP contribution in [-0.2, 0) is 9.53 Å². The molecule has 1 aliphatic rings. The Balaban J connectivity index is 2.32. The number of aliphatic imine (C=N–C) groups is 1. The summed E-state index contributed by atoms with van der Waals surface area (Å²) < 4.78 is 12.6. The monoisotopic (exact) mass is 192 g/mol. The Labute approximate surface area is 82.3 Å². The summed E-state index contributed by atoms with van der Waals surface area (Å²) in [5.74, 6) is -1.08. The van der Waals surface area contributed by atoms with Gasteiger partial charge in [-0.25, -0.2) is 9.79 Å². The summed E-state index contributed by atoms with van der Waals surface area (Å²) in [5, 5.41) is 8.76. The quantitative estimate of drug-likeness (QED) is 0.757. The number of ether oxygens (including phenoxy) is 1. The smallest absolute Gasteiger partial charge is 0.332 e. The van der Waals surface area contributed by atoms with Gasteiger partial charge in [0.05, 0.1) is 1.37 Å². The summed E-state index contributed by atoms with van der Waals surface area (Å²) >= 11 is 0. The SMILES string of the molecule is [2H][C@]1(C(=O)O)COC(c2ccccc2)=N1. The Kier molecular flexibility index (Phi) is 1.88. The summed E-state index contributed by atoms with van der Waals surface area (Å²) in [6, 6.07) is 7.05. The molecule has 0 radical (unpaired) electrons. The number of carboxylic acid groups (broad SMARTS) is 1. The molecule has 14 heavy (non-hydrogen) atoms. The molecule has 0 amide bonds. The van der Waals surface area contributed by atoms with Crippen LogP contribution in [0.4, 0.5) is 0 Å². The minimum Gasteiger partial charge on any atom is -0.480 e. The molecule has 0 saturated heterocycles. The second kappa shape index (κ2) is 3.49. The summed E-state index contributed by atoms with van der Waals surface area (Å²) in [5.41, 5.74) is 0.688. The van der Waals surface area contributed by atoms with E-state index in [0.29, 0.717) is 5.56 Å². The molecule has 0 fully saturated rings. The van der Waals surface area contributed by atoms with E-state index in [0.717, 1.165) is 0 Å². The third kappa shape index (κ3) is 1.59. The minimum atomic E-state index is -1.90. The third-order valence-corrected chi connectivity index (χ3v) is 1.85. The highest BCUT2D eigenvalue weighted by Gasteiger charge is 2.25. The van der Waals surface area contributed by atoms with Crippen LogP contribution in [0.5, 0.6) is 0 Å². The molecule has 0 aliphatic carbocycles.